The summed E-state index contributed by atoms with van der Waals surface area (Å²) in [5, 5.41) is 12.7. The van der Waals surface area contributed by atoms with Gasteiger partial charge in [-0.2, -0.15) is 0 Å². The van der Waals surface area contributed by atoms with E-state index in [-0.39, 0.29) is 17.7 Å². The van der Waals surface area contributed by atoms with Gasteiger partial charge in [-0.15, -0.1) is 21.5 Å². The summed E-state index contributed by atoms with van der Waals surface area (Å²) in [6, 6.07) is 3.77. The minimum Gasteiger partial charge on any atom is -0.337 e. The number of carbonyl (C=O) groups excluding carboxylic acids is 2. The fraction of sp³-hybridized carbons (Fsp3) is 0.368. The van der Waals surface area contributed by atoms with Crippen LogP contribution in [0.2, 0.25) is 0 Å². The SMILES string of the molecule is Cc1nnc(NC(=O)C2CCCN(C(=O)c3sc(-c4cccnc4)nc3C)C2)s1. The van der Waals surface area contributed by atoms with Gasteiger partial charge in [-0.25, -0.2) is 4.98 Å². The molecule has 8 nitrogen and oxygen atoms in total. The van der Waals surface area contributed by atoms with E-state index in [0.29, 0.717) is 28.8 Å². The lowest BCUT2D eigenvalue weighted by Gasteiger charge is -2.31. The van der Waals surface area contributed by atoms with Crippen molar-refractivity contribution < 1.29 is 9.59 Å². The lowest BCUT2D eigenvalue weighted by atomic mass is 9.97. The Morgan fingerprint density at radius 3 is 2.83 bits per heavy atom. The minimum atomic E-state index is -0.261. The van der Waals surface area contributed by atoms with Gasteiger partial charge < -0.3 is 10.2 Å². The Bertz CT molecular complexity index is 1030. The standard InChI is InChI=1S/C19H20N6O2S2/c1-11-15(29-17(21-11)13-5-3-7-20-9-13)18(27)25-8-4-6-14(10-25)16(26)22-19-24-23-12(2)28-19/h3,5,7,9,14H,4,6,8,10H2,1-2H3,(H,22,24,26). The molecule has 1 N–H and O–H groups in total. The minimum absolute atomic E-state index is 0.0700. The summed E-state index contributed by atoms with van der Waals surface area (Å²) in [4.78, 5) is 36.8. The molecule has 29 heavy (non-hydrogen) atoms. The van der Waals surface area contributed by atoms with E-state index in [1.54, 1.807) is 17.3 Å². The van der Waals surface area contributed by atoms with Crippen LogP contribution in [0.5, 0.6) is 0 Å². The third kappa shape index (κ3) is 4.33. The van der Waals surface area contributed by atoms with E-state index in [1.807, 2.05) is 26.0 Å². The molecule has 0 spiro atoms. The fourth-order valence-corrected chi connectivity index (χ4v) is 4.90. The number of carbonyl (C=O) groups is 2. The summed E-state index contributed by atoms with van der Waals surface area (Å²) < 4.78 is 0. The predicted molar refractivity (Wildman–Crippen MR) is 112 cm³/mol. The number of nitrogens with one attached hydrogen (secondary N) is 1. The highest BCUT2D eigenvalue weighted by Crippen LogP contribution is 2.30. The maximum atomic E-state index is 13.1. The van der Waals surface area contributed by atoms with Crippen molar-refractivity contribution in [3.05, 3.63) is 40.1 Å². The van der Waals surface area contributed by atoms with Crippen LogP contribution in [-0.2, 0) is 4.79 Å². The Morgan fingerprint density at radius 2 is 2.10 bits per heavy atom. The molecule has 1 atom stereocenters. The Kier molecular flexibility index (Phi) is 5.63. The summed E-state index contributed by atoms with van der Waals surface area (Å²) >= 11 is 2.71. The van der Waals surface area contributed by atoms with Crippen LogP contribution in [0.25, 0.3) is 10.6 Å². The highest BCUT2D eigenvalue weighted by molar-refractivity contribution is 7.17. The predicted octanol–water partition coefficient (Wildman–Crippen LogP) is 3.16. The van der Waals surface area contributed by atoms with E-state index < -0.39 is 0 Å². The van der Waals surface area contributed by atoms with Crippen LogP contribution in [0.15, 0.2) is 24.5 Å². The number of hydrogen-bond acceptors (Lipinski definition) is 8. The second kappa shape index (κ2) is 8.34. The van der Waals surface area contributed by atoms with Crippen LogP contribution in [0.4, 0.5) is 5.13 Å². The Hall–Kier alpha value is -2.72. The molecule has 4 rings (SSSR count). The van der Waals surface area contributed by atoms with Crippen molar-refractivity contribution >= 4 is 39.6 Å². The second-order valence-corrected chi connectivity index (χ2v) is 9.06. The van der Waals surface area contributed by atoms with Crippen molar-refractivity contribution in [2.24, 2.45) is 5.92 Å². The van der Waals surface area contributed by atoms with Crippen molar-refractivity contribution in [2.45, 2.75) is 26.7 Å². The van der Waals surface area contributed by atoms with Crippen LogP contribution in [-0.4, -0.2) is 50.0 Å². The van der Waals surface area contributed by atoms with E-state index in [0.717, 1.165) is 28.4 Å². The van der Waals surface area contributed by atoms with Gasteiger partial charge >= 0.3 is 0 Å². The highest BCUT2D eigenvalue weighted by atomic mass is 32.1. The maximum Gasteiger partial charge on any atom is 0.265 e. The van der Waals surface area contributed by atoms with Crippen molar-refractivity contribution in [1.82, 2.24) is 25.1 Å². The smallest absolute Gasteiger partial charge is 0.265 e. The Labute approximate surface area is 176 Å². The summed E-state index contributed by atoms with van der Waals surface area (Å²) in [7, 11) is 0. The highest BCUT2D eigenvalue weighted by Gasteiger charge is 2.31. The van der Waals surface area contributed by atoms with Crippen LogP contribution < -0.4 is 5.32 Å². The third-order valence-electron chi connectivity index (χ3n) is 4.73. The molecule has 1 aliphatic heterocycles. The molecule has 2 amide bonds. The van der Waals surface area contributed by atoms with Gasteiger partial charge in [0.2, 0.25) is 11.0 Å². The van der Waals surface area contributed by atoms with E-state index >= 15 is 0 Å². The van der Waals surface area contributed by atoms with Crippen molar-refractivity contribution in [2.75, 3.05) is 18.4 Å². The Balaban J connectivity index is 1.46. The van der Waals surface area contributed by atoms with Crippen LogP contribution in [0.1, 0.15) is 33.2 Å². The summed E-state index contributed by atoms with van der Waals surface area (Å²) in [5.41, 5.74) is 1.60. The molecule has 0 aromatic carbocycles. The lowest BCUT2D eigenvalue weighted by Crippen LogP contribution is -2.43. The Morgan fingerprint density at radius 1 is 1.24 bits per heavy atom. The number of piperidine rings is 1. The van der Waals surface area contributed by atoms with E-state index in [9.17, 15) is 9.59 Å². The van der Waals surface area contributed by atoms with Gasteiger partial charge in [0.05, 0.1) is 11.6 Å². The van der Waals surface area contributed by atoms with Crippen molar-refractivity contribution in [3.63, 3.8) is 0 Å². The number of aryl methyl sites for hydroxylation is 2. The normalized spacial score (nSPS) is 16.6. The molecule has 150 valence electrons. The van der Waals surface area contributed by atoms with Crippen molar-refractivity contribution in [3.8, 4) is 10.6 Å². The molecule has 3 aromatic heterocycles. The molecule has 1 aliphatic rings. The molecule has 3 aromatic rings. The second-order valence-electron chi connectivity index (χ2n) is 6.88. The number of likely N-dealkylation sites (tertiary alicyclic amines) is 1. The number of pyridine rings is 1. The van der Waals surface area contributed by atoms with Gasteiger partial charge in [0.15, 0.2) is 0 Å². The summed E-state index contributed by atoms with van der Waals surface area (Å²) in [5.74, 6) is -0.446. The zero-order valence-corrected chi connectivity index (χ0v) is 17.7. The van der Waals surface area contributed by atoms with Crippen LogP contribution >= 0.6 is 22.7 Å². The number of thiazole rings is 1. The first kappa shape index (κ1) is 19.6. The van der Waals surface area contributed by atoms with Gasteiger partial charge in [0.1, 0.15) is 14.9 Å². The molecule has 10 heteroatoms. The van der Waals surface area contributed by atoms with E-state index in [2.05, 4.69) is 25.5 Å². The summed E-state index contributed by atoms with van der Waals surface area (Å²) in [6.07, 6.45) is 4.98. The zero-order valence-electron chi connectivity index (χ0n) is 16.1. The van der Waals surface area contributed by atoms with Gasteiger partial charge in [0, 0.05) is 31.0 Å². The molecular weight excluding hydrogens is 408 g/mol. The average molecular weight is 429 g/mol. The first-order valence-electron chi connectivity index (χ1n) is 9.29. The number of nitrogens with zero attached hydrogens (tertiary/aromatic N) is 5. The molecular formula is C19H20N6O2S2. The first-order chi connectivity index (χ1) is 14.0. The number of aromatic nitrogens is 4. The first-order valence-corrected chi connectivity index (χ1v) is 10.9. The number of hydrogen-bond donors (Lipinski definition) is 1. The lowest BCUT2D eigenvalue weighted by molar-refractivity contribution is -0.121. The van der Waals surface area contributed by atoms with Crippen LogP contribution in [0.3, 0.4) is 0 Å². The van der Waals surface area contributed by atoms with Gasteiger partial charge in [-0.3, -0.25) is 14.6 Å². The average Bonchev–Trinajstić information content (AvgIpc) is 3.33. The monoisotopic (exact) mass is 428 g/mol. The number of anilines is 1. The molecule has 0 bridgehead atoms. The molecule has 0 aliphatic carbocycles. The maximum absolute atomic E-state index is 13.1. The molecule has 4 heterocycles. The van der Waals surface area contributed by atoms with Gasteiger partial charge in [-0.05, 0) is 38.8 Å². The van der Waals surface area contributed by atoms with E-state index in [4.69, 9.17) is 0 Å². The molecule has 0 saturated carbocycles. The molecule has 1 saturated heterocycles. The topological polar surface area (TPSA) is 101 Å². The molecule has 1 unspecified atom stereocenters. The third-order valence-corrected chi connectivity index (χ3v) is 6.68. The van der Waals surface area contributed by atoms with Crippen molar-refractivity contribution in [1.29, 1.82) is 0 Å². The largest absolute Gasteiger partial charge is 0.337 e. The van der Waals surface area contributed by atoms with E-state index in [1.165, 1.54) is 22.7 Å². The van der Waals surface area contributed by atoms with Gasteiger partial charge in [0.25, 0.3) is 5.91 Å². The fourth-order valence-electron chi connectivity index (χ4n) is 3.28. The molecule has 1 fully saturated rings. The van der Waals surface area contributed by atoms with Crippen LogP contribution in [0, 0.1) is 19.8 Å². The zero-order chi connectivity index (χ0) is 20.4. The number of rotatable bonds is 4. The quantitative estimate of drug-likeness (QED) is 0.685. The number of amides is 2. The summed E-state index contributed by atoms with van der Waals surface area (Å²) in [6.45, 7) is 4.71. The molecule has 0 radical (unpaired) electrons. The van der Waals surface area contributed by atoms with Gasteiger partial charge in [-0.1, -0.05) is 11.3 Å².